The third-order valence-electron chi connectivity index (χ3n) is 4.46. The van der Waals surface area contributed by atoms with Crippen LogP contribution in [0.4, 0.5) is 0 Å². The van der Waals surface area contributed by atoms with E-state index in [2.05, 4.69) is 13.8 Å². The van der Waals surface area contributed by atoms with Gasteiger partial charge in [-0.25, -0.2) is 23.5 Å². The topological polar surface area (TPSA) is 150 Å². The summed E-state index contributed by atoms with van der Waals surface area (Å²) < 4.78 is 11.5. The summed E-state index contributed by atoms with van der Waals surface area (Å²) in [5.74, 6) is -0.661. The van der Waals surface area contributed by atoms with Gasteiger partial charge in [0, 0.05) is 13.1 Å². The van der Waals surface area contributed by atoms with E-state index in [4.69, 9.17) is 14.6 Å². The van der Waals surface area contributed by atoms with Crippen LogP contribution in [0.15, 0.2) is 14.4 Å². The second kappa shape index (κ2) is 13.6. The van der Waals surface area contributed by atoms with Crippen molar-refractivity contribution in [2.45, 2.75) is 78.5 Å². The summed E-state index contributed by atoms with van der Waals surface area (Å²) in [4.78, 5) is 62.0. The molecule has 1 aromatic rings. The van der Waals surface area contributed by atoms with Crippen LogP contribution in [0.25, 0.3) is 0 Å². The van der Waals surface area contributed by atoms with Crippen molar-refractivity contribution in [3.05, 3.63) is 31.5 Å². The van der Waals surface area contributed by atoms with Gasteiger partial charge in [-0.3, -0.25) is 14.6 Å². The molecule has 0 fully saturated rings. The molecule has 1 atom stereocenters. The molecule has 0 saturated heterocycles. The molecule has 0 aromatic carbocycles. The molecule has 1 aromatic heterocycles. The molecule has 1 unspecified atom stereocenters. The van der Waals surface area contributed by atoms with Gasteiger partial charge in [0.15, 0.2) is 0 Å². The molecule has 0 spiro atoms. The van der Waals surface area contributed by atoms with Crippen molar-refractivity contribution in [1.82, 2.24) is 14.1 Å². The van der Waals surface area contributed by atoms with Crippen molar-refractivity contribution in [1.29, 1.82) is 0 Å². The van der Waals surface area contributed by atoms with Gasteiger partial charge in [-0.15, -0.1) is 0 Å². The fourth-order valence-electron chi connectivity index (χ4n) is 2.73. The molecule has 0 aliphatic carbocycles. The Labute approximate surface area is 180 Å². The normalized spacial score (nSPS) is 12.0. The van der Waals surface area contributed by atoms with Crippen molar-refractivity contribution >= 4 is 11.9 Å². The number of ether oxygens (including phenoxy) is 2. The van der Waals surface area contributed by atoms with E-state index >= 15 is 0 Å². The van der Waals surface area contributed by atoms with Gasteiger partial charge >= 0.3 is 29.0 Å². The minimum absolute atomic E-state index is 0.119. The summed E-state index contributed by atoms with van der Waals surface area (Å²) in [7, 11) is 0. The number of aliphatic hydroxyl groups is 1. The first-order valence-corrected chi connectivity index (χ1v) is 10.5. The number of hydrogen-bond acceptors (Lipinski definition) is 8. The predicted molar refractivity (Wildman–Crippen MR) is 112 cm³/mol. The van der Waals surface area contributed by atoms with Crippen LogP contribution in [0.2, 0.25) is 0 Å². The monoisotopic (exact) mass is 443 g/mol. The minimum Gasteiger partial charge on any atom is -0.466 e. The zero-order chi connectivity index (χ0) is 23.4. The maximum atomic E-state index is 12.5. The molecule has 0 aliphatic heterocycles. The van der Waals surface area contributed by atoms with Crippen LogP contribution >= 0.6 is 0 Å². The number of aliphatic hydroxyl groups excluding tert-OH is 1. The zero-order valence-electron chi connectivity index (χ0n) is 18.4. The Balaban J connectivity index is 2.62. The summed E-state index contributed by atoms with van der Waals surface area (Å²) >= 11 is 0. The Hall–Kier alpha value is -2.69. The number of hydrogen-bond donors (Lipinski definition) is 2. The van der Waals surface area contributed by atoms with Crippen molar-refractivity contribution in [2.75, 3.05) is 13.2 Å². The van der Waals surface area contributed by atoms with Crippen molar-refractivity contribution in [3.63, 3.8) is 0 Å². The maximum Gasteiger partial charge on any atom is 0.336 e. The fraction of sp³-hybridized carbons (Fsp3) is 0.750. The number of aromatic amines is 1. The second-order valence-electron chi connectivity index (χ2n) is 7.79. The Morgan fingerprint density at radius 2 is 1.32 bits per heavy atom. The highest BCUT2D eigenvalue weighted by atomic mass is 16.5. The third-order valence-corrected chi connectivity index (χ3v) is 4.46. The summed E-state index contributed by atoms with van der Waals surface area (Å²) in [6.45, 7) is 5.61. The standard InChI is InChI=1S/C20H33N3O8/c1-14(2)6-4-12-30-16(25)8-10-22-18(27)21-19(28)23(20(22)29)11-9-17(26)31-13-5-7-15(3)24/h14-15,24H,4-13H2,1-3H3,(H,21,27,28). The Kier molecular flexibility index (Phi) is 11.5. The van der Waals surface area contributed by atoms with Crippen molar-refractivity contribution in [3.8, 4) is 0 Å². The average molecular weight is 443 g/mol. The molecule has 176 valence electrons. The first-order valence-electron chi connectivity index (χ1n) is 10.5. The molecule has 11 heteroatoms. The SMILES string of the molecule is CC(C)CCCOC(=O)CCn1c(=O)[nH]c(=O)n(CCC(=O)OCCCC(C)O)c1=O. The molecule has 0 saturated carbocycles. The lowest BCUT2D eigenvalue weighted by molar-refractivity contribution is -0.145. The van der Waals surface area contributed by atoms with Crippen LogP contribution < -0.4 is 17.1 Å². The Bertz CT molecular complexity index is 814. The Morgan fingerprint density at radius 1 is 0.871 bits per heavy atom. The van der Waals surface area contributed by atoms with Crippen LogP contribution in [-0.4, -0.2) is 50.5 Å². The summed E-state index contributed by atoms with van der Waals surface area (Å²) in [5, 5.41) is 9.16. The molecule has 0 aliphatic rings. The highest BCUT2D eigenvalue weighted by molar-refractivity contribution is 5.69. The smallest absolute Gasteiger partial charge is 0.336 e. The lowest BCUT2D eigenvalue weighted by atomic mass is 10.1. The number of esters is 2. The van der Waals surface area contributed by atoms with Gasteiger partial charge in [0.25, 0.3) is 0 Å². The highest BCUT2D eigenvalue weighted by Crippen LogP contribution is 2.03. The summed E-state index contributed by atoms with van der Waals surface area (Å²) in [6.07, 6.45) is 1.68. The van der Waals surface area contributed by atoms with Gasteiger partial charge in [-0.2, -0.15) is 0 Å². The lowest BCUT2D eigenvalue weighted by Crippen LogP contribution is -2.49. The molecule has 0 amide bonds. The molecule has 11 nitrogen and oxygen atoms in total. The number of nitrogens with zero attached hydrogens (tertiary/aromatic N) is 2. The highest BCUT2D eigenvalue weighted by Gasteiger charge is 2.14. The van der Waals surface area contributed by atoms with Gasteiger partial charge in [0.2, 0.25) is 0 Å². The molecule has 2 N–H and O–H groups in total. The van der Waals surface area contributed by atoms with Crippen LogP contribution in [-0.2, 0) is 32.2 Å². The molecule has 0 radical (unpaired) electrons. The van der Waals surface area contributed by atoms with Gasteiger partial charge < -0.3 is 14.6 Å². The molecule has 1 heterocycles. The zero-order valence-corrected chi connectivity index (χ0v) is 18.4. The van der Waals surface area contributed by atoms with Crippen LogP contribution in [0, 0.1) is 5.92 Å². The summed E-state index contributed by atoms with van der Waals surface area (Å²) in [5.41, 5.74) is -2.78. The Morgan fingerprint density at radius 3 is 1.74 bits per heavy atom. The molecular weight excluding hydrogens is 410 g/mol. The van der Waals surface area contributed by atoms with E-state index in [1.165, 1.54) is 0 Å². The number of nitrogens with one attached hydrogen (secondary N) is 1. The van der Waals surface area contributed by atoms with Crippen LogP contribution in [0.3, 0.4) is 0 Å². The van der Waals surface area contributed by atoms with Gasteiger partial charge in [-0.1, -0.05) is 13.8 Å². The van der Waals surface area contributed by atoms with E-state index in [0.717, 1.165) is 17.4 Å². The second-order valence-corrected chi connectivity index (χ2v) is 7.79. The van der Waals surface area contributed by atoms with E-state index in [0.29, 0.717) is 23.3 Å². The molecular formula is C20H33N3O8. The molecule has 1 rings (SSSR count). The molecule has 0 bridgehead atoms. The van der Waals surface area contributed by atoms with Crippen molar-refractivity contribution < 1.29 is 24.2 Å². The van der Waals surface area contributed by atoms with Crippen molar-refractivity contribution in [2.24, 2.45) is 5.92 Å². The van der Waals surface area contributed by atoms with E-state index < -0.39 is 35.1 Å². The van der Waals surface area contributed by atoms with Crippen LogP contribution in [0.1, 0.15) is 59.3 Å². The number of carbonyl (C=O) groups excluding carboxylic acids is 2. The predicted octanol–water partition coefficient (Wildman–Crippen LogP) is 0.162. The first kappa shape index (κ1) is 26.3. The van der Waals surface area contributed by atoms with Gasteiger partial charge in [-0.05, 0) is 38.5 Å². The van der Waals surface area contributed by atoms with Crippen LogP contribution in [0.5, 0.6) is 0 Å². The third kappa shape index (κ3) is 10.3. The lowest BCUT2D eigenvalue weighted by Gasteiger charge is -2.10. The quantitative estimate of drug-likeness (QED) is 0.305. The summed E-state index contributed by atoms with van der Waals surface area (Å²) in [6, 6.07) is 0. The first-order chi connectivity index (χ1) is 14.6. The number of rotatable bonds is 14. The maximum absolute atomic E-state index is 12.5. The number of carbonyl (C=O) groups is 2. The largest absolute Gasteiger partial charge is 0.466 e. The molecule has 31 heavy (non-hydrogen) atoms. The number of H-pyrrole nitrogens is 1. The van der Waals surface area contributed by atoms with E-state index in [9.17, 15) is 24.0 Å². The van der Waals surface area contributed by atoms with Gasteiger partial charge in [0.1, 0.15) is 0 Å². The van der Waals surface area contributed by atoms with Gasteiger partial charge in [0.05, 0.1) is 32.2 Å². The van der Waals surface area contributed by atoms with E-state index in [1.54, 1.807) is 6.92 Å². The fourth-order valence-corrected chi connectivity index (χ4v) is 2.73. The van der Waals surface area contributed by atoms with E-state index in [1.807, 2.05) is 4.98 Å². The number of aromatic nitrogens is 3. The van der Waals surface area contributed by atoms with E-state index in [-0.39, 0.29) is 39.1 Å². The average Bonchev–Trinajstić information content (AvgIpc) is 2.67. The minimum atomic E-state index is -0.940.